The van der Waals surface area contributed by atoms with E-state index in [-0.39, 0.29) is 12.6 Å². The average molecular weight is 335 g/mol. The van der Waals surface area contributed by atoms with Crippen LogP contribution in [-0.2, 0) is 14.4 Å². The SMILES string of the molecule is CCC(C)NC(=O)CN1C(=O)C(=O)N(CCC2=CCCCC2)C1=O. The van der Waals surface area contributed by atoms with Crippen molar-refractivity contribution in [3.05, 3.63) is 11.6 Å². The van der Waals surface area contributed by atoms with Gasteiger partial charge in [0.25, 0.3) is 0 Å². The highest BCUT2D eigenvalue weighted by Gasteiger charge is 2.44. The van der Waals surface area contributed by atoms with Gasteiger partial charge in [-0.15, -0.1) is 0 Å². The number of carbonyl (C=O) groups excluding carboxylic acids is 4. The summed E-state index contributed by atoms with van der Waals surface area (Å²) in [5.74, 6) is -2.19. The second-order valence-corrected chi connectivity index (χ2v) is 6.37. The fraction of sp³-hybridized carbons (Fsp3) is 0.647. The summed E-state index contributed by atoms with van der Waals surface area (Å²) >= 11 is 0. The number of rotatable bonds is 7. The highest BCUT2D eigenvalue weighted by atomic mass is 16.2. The van der Waals surface area contributed by atoms with E-state index in [1.54, 1.807) is 0 Å². The third-order valence-electron chi connectivity index (χ3n) is 4.50. The van der Waals surface area contributed by atoms with Crippen molar-refractivity contribution in [2.45, 2.75) is 58.4 Å². The molecule has 1 fully saturated rings. The second-order valence-electron chi connectivity index (χ2n) is 6.37. The van der Waals surface area contributed by atoms with Crippen LogP contribution in [0.1, 0.15) is 52.4 Å². The monoisotopic (exact) mass is 335 g/mol. The number of carbonyl (C=O) groups is 4. The first-order valence-corrected chi connectivity index (χ1v) is 8.58. The summed E-state index contributed by atoms with van der Waals surface area (Å²) in [5.41, 5.74) is 1.22. The van der Waals surface area contributed by atoms with Crippen molar-refractivity contribution in [3.63, 3.8) is 0 Å². The van der Waals surface area contributed by atoms with Crippen LogP contribution in [0.5, 0.6) is 0 Å². The van der Waals surface area contributed by atoms with Crippen molar-refractivity contribution >= 4 is 23.8 Å². The fourth-order valence-electron chi connectivity index (χ4n) is 2.84. The van der Waals surface area contributed by atoms with Crippen molar-refractivity contribution in [1.29, 1.82) is 0 Å². The molecule has 7 nitrogen and oxygen atoms in total. The van der Waals surface area contributed by atoms with Crippen molar-refractivity contribution in [2.75, 3.05) is 13.1 Å². The Bertz CT molecular complexity index is 570. The number of amides is 5. The van der Waals surface area contributed by atoms with Gasteiger partial charge in [-0.25, -0.2) is 9.69 Å². The molecule has 24 heavy (non-hydrogen) atoms. The predicted molar refractivity (Wildman–Crippen MR) is 87.9 cm³/mol. The van der Waals surface area contributed by atoms with Crippen LogP contribution in [0.2, 0.25) is 0 Å². The third-order valence-corrected chi connectivity index (χ3v) is 4.50. The minimum Gasteiger partial charge on any atom is -0.352 e. The maximum absolute atomic E-state index is 12.3. The van der Waals surface area contributed by atoms with Gasteiger partial charge in [0, 0.05) is 12.6 Å². The lowest BCUT2D eigenvalue weighted by Gasteiger charge is -2.18. The zero-order chi connectivity index (χ0) is 17.7. The summed E-state index contributed by atoms with van der Waals surface area (Å²) in [6, 6.07) is -0.740. The number of imide groups is 2. The van der Waals surface area contributed by atoms with Gasteiger partial charge in [-0.2, -0.15) is 0 Å². The van der Waals surface area contributed by atoms with Gasteiger partial charge in [0.05, 0.1) is 0 Å². The van der Waals surface area contributed by atoms with Crippen LogP contribution in [0.25, 0.3) is 0 Å². The molecular formula is C17H25N3O4. The van der Waals surface area contributed by atoms with Crippen LogP contribution in [0.3, 0.4) is 0 Å². The van der Waals surface area contributed by atoms with E-state index in [2.05, 4.69) is 11.4 Å². The molecule has 1 saturated heterocycles. The Balaban J connectivity index is 1.94. The van der Waals surface area contributed by atoms with Crippen molar-refractivity contribution in [1.82, 2.24) is 15.1 Å². The molecule has 0 saturated carbocycles. The van der Waals surface area contributed by atoms with Gasteiger partial charge in [-0.3, -0.25) is 19.3 Å². The summed E-state index contributed by atoms with van der Waals surface area (Å²) < 4.78 is 0. The van der Waals surface area contributed by atoms with E-state index in [0.29, 0.717) is 6.42 Å². The first kappa shape index (κ1) is 18.2. The Labute approximate surface area is 142 Å². The van der Waals surface area contributed by atoms with Crippen LogP contribution in [0, 0.1) is 0 Å². The molecule has 0 aromatic rings. The lowest BCUT2D eigenvalue weighted by Crippen LogP contribution is -2.43. The molecule has 7 heteroatoms. The molecule has 1 heterocycles. The highest BCUT2D eigenvalue weighted by Crippen LogP contribution is 2.21. The standard InChI is InChI=1S/C17H25N3O4/c1-3-12(2)18-14(21)11-20-16(23)15(22)19(17(20)24)10-9-13-7-5-4-6-8-13/h7,12H,3-6,8-11H2,1-2H3,(H,18,21). The molecule has 0 aromatic carbocycles. The summed E-state index contributed by atoms with van der Waals surface area (Å²) in [5, 5.41) is 2.69. The summed E-state index contributed by atoms with van der Waals surface area (Å²) in [7, 11) is 0. The molecule has 0 spiro atoms. The van der Waals surface area contributed by atoms with Crippen LogP contribution in [-0.4, -0.2) is 52.7 Å². The fourth-order valence-corrected chi connectivity index (χ4v) is 2.84. The average Bonchev–Trinajstić information content (AvgIpc) is 2.77. The van der Waals surface area contributed by atoms with E-state index in [9.17, 15) is 19.2 Å². The van der Waals surface area contributed by atoms with Crippen LogP contribution in [0.15, 0.2) is 11.6 Å². The van der Waals surface area contributed by atoms with Gasteiger partial charge in [0.2, 0.25) is 5.91 Å². The van der Waals surface area contributed by atoms with Gasteiger partial charge in [0.1, 0.15) is 6.54 Å². The molecule has 1 N–H and O–H groups in total. The molecule has 1 aliphatic heterocycles. The first-order chi connectivity index (χ1) is 11.4. The van der Waals surface area contributed by atoms with E-state index in [0.717, 1.165) is 35.5 Å². The Hall–Kier alpha value is -2.18. The molecule has 1 unspecified atom stereocenters. The summed E-state index contributed by atoms with van der Waals surface area (Å²) in [6.07, 6.45) is 7.78. The zero-order valence-corrected chi connectivity index (χ0v) is 14.3. The van der Waals surface area contributed by atoms with Gasteiger partial charge in [-0.05, 0) is 45.4 Å². The minimum absolute atomic E-state index is 0.0460. The first-order valence-electron chi connectivity index (χ1n) is 8.58. The summed E-state index contributed by atoms with van der Waals surface area (Å²) in [4.78, 5) is 49.9. The number of hydrogen-bond donors (Lipinski definition) is 1. The van der Waals surface area contributed by atoms with Crippen LogP contribution in [0.4, 0.5) is 4.79 Å². The van der Waals surface area contributed by atoms with E-state index in [4.69, 9.17) is 0 Å². The maximum atomic E-state index is 12.3. The number of nitrogens with one attached hydrogen (secondary N) is 1. The quantitative estimate of drug-likeness (QED) is 0.435. The van der Waals surface area contributed by atoms with Gasteiger partial charge >= 0.3 is 17.8 Å². The zero-order valence-electron chi connectivity index (χ0n) is 14.3. The van der Waals surface area contributed by atoms with E-state index < -0.39 is 30.3 Å². The van der Waals surface area contributed by atoms with E-state index in [1.165, 1.54) is 12.0 Å². The molecule has 0 radical (unpaired) electrons. The molecule has 132 valence electrons. The molecule has 1 aliphatic carbocycles. The van der Waals surface area contributed by atoms with Gasteiger partial charge in [0.15, 0.2) is 0 Å². The normalized spacial score (nSPS) is 19.6. The number of nitrogens with zero attached hydrogens (tertiary/aromatic N) is 2. The van der Waals surface area contributed by atoms with Crippen molar-refractivity contribution < 1.29 is 19.2 Å². The van der Waals surface area contributed by atoms with E-state index in [1.807, 2.05) is 13.8 Å². The molecule has 5 amide bonds. The number of hydrogen-bond acceptors (Lipinski definition) is 4. The van der Waals surface area contributed by atoms with Crippen molar-refractivity contribution in [3.8, 4) is 0 Å². The lowest BCUT2D eigenvalue weighted by molar-refractivity contribution is -0.144. The summed E-state index contributed by atoms with van der Waals surface area (Å²) in [6.45, 7) is 3.54. The number of allylic oxidation sites excluding steroid dienone is 1. The smallest absolute Gasteiger partial charge is 0.334 e. The predicted octanol–water partition coefficient (Wildman–Crippen LogP) is 1.58. The second kappa shape index (κ2) is 8.08. The molecule has 2 rings (SSSR count). The Morgan fingerprint density at radius 3 is 2.54 bits per heavy atom. The minimum atomic E-state index is -0.920. The van der Waals surface area contributed by atoms with Crippen LogP contribution >= 0.6 is 0 Å². The Morgan fingerprint density at radius 1 is 1.21 bits per heavy atom. The number of urea groups is 1. The topological polar surface area (TPSA) is 86.8 Å². The van der Waals surface area contributed by atoms with E-state index >= 15 is 0 Å². The molecule has 2 aliphatic rings. The highest BCUT2D eigenvalue weighted by molar-refractivity contribution is 6.45. The molecule has 0 aromatic heterocycles. The Kier molecular flexibility index (Phi) is 6.11. The van der Waals surface area contributed by atoms with Gasteiger partial charge in [-0.1, -0.05) is 18.6 Å². The molecule has 1 atom stereocenters. The van der Waals surface area contributed by atoms with Crippen LogP contribution < -0.4 is 5.32 Å². The third kappa shape index (κ3) is 4.21. The lowest BCUT2D eigenvalue weighted by atomic mass is 9.97. The molecular weight excluding hydrogens is 310 g/mol. The Morgan fingerprint density at radius 2 is 1.92 bits per heavy atom. The largest absolute Gasteiger partial charge is 0.352 e. The van der Waals surface area contributed by atoms with Gasteiger partial charge < -0.3 is 5.32 Å². The molecule has 0 bridgehead atoms. The maximum Gasteiger partial charge on any atom is 0.334 e. The van der Waals surface area contributed by atoms with Crippen molar-refractivity contribution in [2.24, 2.45) is 0 Å².